The lowest BCUT2D eigenvalue weighted by Crippen LogP contribution is -2.62. The number of nitrogens with one attached hydrogen (secondary N) is 21. The lowest BCUT2D eigenvalue weighted by molar-refractivity contribution is -0.143. The van der Waals surface area contributed by atoms with E-state index in [-0.39, 0.29) is 89.9 Å². The fourth-order valence-corrected chi connectivity index (χ4v) is 13.2. The van der Waals surface area contributed by atoms with Crippen molar-refractivity contribution in [2.75, 3.05) is 78.7 Å². The number of carbonyl (C=O) groups is 20. The molecule has 132 heavy (non-hydrogen) atoms. The van der Waals surface area contributed by atoms with Gasteiger partial charge in [0.25, 0.3) is 0 Å². The molecule has 0 radical (unpaired) electrons. The molecule has 1 fully saturated rings. The van der Waals surface area contributed by atoms with E-state index in [9.17, 15) is 121 Å². The number of carbonyl (C=O) groups excluding carboxylic acids is 17. The molecule has 0 bridgehead atoms. The number of fused-ring (bicyclic) bond motifs is 1. The van der Waals surface area contributed by atoms with E-state index < -0.39 is 280 Å². The maximum Gasteiger partial charge on any atom is 0.326 e. The van der Waals surface area contributed by atoms with E-state index in [1.54, 1.807) is 68.4 Å². The number of aromatic amines is 1. The number of nitrogens with two attached hydrogens (primary N) is 4. The molecule has 0 unspecified atom stereocenters. The number of H-pyrrole nitrogens is 1. The first kappa shape index (κ1) is 110. The molecule has 17 amide bonds. The maximum absolute atomic E-state index is 14.7. The quantitative estimate of drug-likeness (QED) is 0.0142. The Morgan fingerprint density at radius 2 is 0.902 bits per heavy atom. The average Bonchev–Trinajstić information content (AvgIpc) is 1.66. The maximum atomic E-state index is 14.7. The SMILES string of the molecule is CC[C@H](C)[C@H](NC(=O)CNC(=O)CNC(=O)CNC(=O)CNC(=O)CNC(=O)CNC(=O)[C@@H]1CCCN1C(=O)[C@H](CCCNC(=N)N)NC(=O)[C@H](CO)NC(=O)[C@H](Cc1c[nH]c2ccccc12)NC(=O)[C@@H](NC(=O)[C@H](CC(=O)O)NC(=O)[C@H](CCC(=O)O)NC(=O)[C@H](CCCCN)NC(=O)[C@@H](N)Cc1ccccc1)C(C)C)C(=O)N[C@@H](CO)C(=O)N[C@@H](CCCNC(=N)N)C(=O)O. The summed E-state index contributed by atoms with van der Waals surface area (Å²) < 4.78 is 0. The highest BCUT2D eigenvalue weighted by Crippen LogP contribution is 2.23. The highest BCUT2D eigenvalue weighted by atomic mass is 16.4. The second-order valence-corrected chi connectivity index (χ2v) is 31.3. The molecule has 728 valence electrons. The Kier molecular flexibility index (Phi) is 48.1. The number of guanidine groups is 2. The largest absolute Gasteiger partial charge is 0.481 e. The molecule has 1 aliphatic heterocycles. The van der Waals surface area contributed by atoms with Crippen LogP contribution in [0.2, 0.25) is 0 Å². The van der Waals surface area contributed by atoms with Crippen LogP contribution in [-0.2, 0) is 109 Å². The molecule has 1 saturated heterocycles. The summed E-state index contributed by atoms with van der Waals surface area (Å²) in [5, 5.41) is 108. The highest BCUT2D eigenvalue weighted by molar-refractivity contribution is 6.01. The van der Waals surface area contributed by atoms with E-state index in [1.807, 2.05) is 0 Å². The van der Waals surface area contributed by atoms with Crippen molar-refractivity contribution in [3.05, 3.63) is 71.9 Å². The minimum atomic E-state index is -2.04. The van der Waals surface area contributed by atoms with Crippen LogP contribution in [0.3, 0.4) is 0 Å². The molecule has 0 spiro atoms. The third kappa shape index (κ3) is 39.8. The van der Waals surface area contributed by atoms with Crippen molar-refractivity contribution < 1.29 is 121 Å². The van der Waals surface area contributed by atoms with Crippen molar-refractivity contribution in [3.8, 4) is 0 Å². The number of unbranched alkanes of at least 4 members (excludes halogenated alkanes) is 1. The summed E-state index contributed by atoms with van der Waals surface area (Å²) in [6.45, 7) is -0.0242. The van der Waals surface area contributed by atoms with E-state index in [0.29, 0.717) is 41.3 Å². The Morgan fingerprint density at radius 3 is 1.42 bits per heavy atom. The van der Waals surface area contributed by atoms with Crippen LogP contribution < -0.4 is 119 Å². The number of hydrogen-bond acceptors (Lipinski definition) is 26. The molecule has 2 heterocycles. The Balaban J connectivity index is 1.36. The van der Waals surface area contributed by atoms with E-state index in [1.165, 1.54) is 20.0 Å². The Morgan fingerprint density at radius 1 is 0.462 bits per heavy atom. The summed E-state index contributed by atoms with van der Waals surface area (Å²) in [7, 11) is 0. The number of carboxylic acids is 3. The summed E-state index contributed by atoms with van der Waals surface area (Å²) in [4.78, 5) is 271. The molecule has 1 aromatic heterocycles. The van der Waals surface area contributed by atoms with Gasteiger partial charge in [-0.1, -0.05) is 82.6 Å². The smallest absolute Gasteiger partial charge is 0.326 e. The van der Waals surface area contributed by atoms with Gasteiger partial charge in [-0.3, -0.25) is 102 Å². The van der Waals surface area contributed by atoms with Crippen molar-refractivity contribution in [1.29, 1.82) is 10.8 Å². The fraction of sp³-hybridized carbons (Fsp3) is 0.556. The molecule has 13 atom stereocenters. The van der Waals surface area contributed by atoms with Gasteiger partial charge in [-0.15, -0.1) is 0 Å². The number of benzene rings is 2. The van der Waals surface area contributed by atoms with Crippen molar-refractivity contribution in [2.24, 2.45) is 34.8 Å². The number of aliphatic hydroxyl groups excluding tert-OH is 2. The van der Waals surface area contributed by atoms with Crippen molar-refractivity contribution >= 4 is 141 Å². The lowest BCUT2D eigenvalue weighted by Gasteiger charge is -2.30. The molecule has 0 saturated carbocycles. The van der Waals surface area contributed by atoms with E-state index in [4.69, 9.17) is 33.8 Å². The average molecular weight is 1860 g/mol. The van der Waals surface area contributed by atoms with Gasteiger partial charge in [-0.05, 0) is 106 Å². The van der Waals surface area contributed by atoms with Gasteiger partial charge in [0.15, 0.2) is 11.9 Å². The third-order valence-electron chi connectivity index (χ3n) is 20.6. The van der Waals surface area contributed by atoms with E-state index in [0.717, 1.165) is 4.90 Å². The second-order valence-electron chi connectivity index (χ2n) is 31.3. The van der Waals surface area contributed by atoms with Crippen LogP contribution in [0.5, 0.6) is 0 Å². The standard InChI is InChI=1S/C81H124N26O25/c1-5-43(4)67(77(129)104-56(41-109)74(126)100-52(79(131)132)22-14-28-89-81(86)87)105-63(115)39-95-61(113)37-93-59(111)35-91-58(110)34-92-60(112)36-94-62(114)38-96-75(127)57-23-15-29-107(57)78(130)51(21-13-27-88-80(84)85)99-73(125)55(40-108)103-71(123)53(31-45-33-90-48-19-10-9-18-46(45)48)102-76(128)66(42(2)3)106-72(124)54(32-65(118)119)101-70(122)50(24-25-64(116)117)98-69(121)49(20-11-12-26-82)97-68(120)47(83)30-44-16-7-6-8-17-44/h6-10,16-19,33,42-43,47,49-57,66-67,90,108-109H,5,11-15,20-32,34-41,82-83H2,1-4H3,(H,91,110)(H,92,112)(H,93,111)(H,94,114)(H,95,113)(H,96,127)(H,97,120)(H,98,121)(H,99,125)(H,100,126)(H,101,122)(H,102,128)(H,103,123)(H,104,129)(H,105,115)(H,106,124)(H,116,117)(H,118,119)(H,131,132)(H4,84,85,88)(H4,86,87,89)/t43-,47-,49-,50-,51-,52-,53-,54-,55-,56-,57-,66-,67-/m0/s1. The van der Waals surface area contributed by atoms with E-state index >= 15 is 0 Å². The zero-order valence-electron chi connectivity index (χ0n) is 73.6. The number of aliphatic carboxylic acids is 3. The van der Waals surface area contributed by atoms with Crippen LogP contribution in [0.1, 0.15) is 122 Å². The molecule has 0 aliphatic carbocycles. The van der Waals surface area contributed by atoms with Crippen molar-refractivity contribution in [3.63, 3.8) is 0 Å². The Hall–Kier alpha value is -14.2. The van der Waals surface area contributed by atoms with Gasteiger partial charge in [-0.2, -0.15) is 0 Å². The number of nitrogens with zero attached hydrogens (tertiary/aromatic N) is 1. The lowest BCUT2D eigenvalue weighted by atomic mass is 9.98. The van der Waals surface area contributed by atoms with Crippen LogP contribution >= 0.6 is 0 Å². The van der Waals surface area contributed by atoms with Gasteiger partial charge in [0.1, 0.15) is 66.5 Å². The van der Waals surface area contributed by atoms with Gasteiger partial charge >= 0.3 is 17.9 Å². The van der Waals surface area contributed by atoms with Crippen LogP contribution in [-0.4, -0.2) is 317 Å². The molecule has 1 aliphatic rings. The third-order valence-corrected chi connectivity index (χ3v) is 20.6. The zero-order valence-corrected chi connectivity index (χ0v) is 73.6. The summed E-state index contributed by atoms with van der Waals surface area (Å²) >= 11 is 0. The highest BCUT2D eigenvalue weighted by Gasteiger charge is 2.41. The summed E-state index contributed by atoms with van der Waals surface area (Å²) in [5.74, 6) is -23.5. The number of aliphatic hydroxyl groups is 2. The number of rotatable bonds is 60. The Bertz CT molecular complexity index is 4520. The summed E-state index contributed by atoms with van der Waals surface area (Å²) in [6.07, 6.45) is -0.130. The van der Waals surface area contributed by atoms with Gasteiger partial charge in [-0.25, -0.2) is 4.79 Å². The van der Waals surface area contributed by atoms with Gasteiger partial charge in [0.05, 0.1) is 64.9 Å². The Labute approximate surface area is 757 Å². The predicted molar refractivity (Wildman–Crippen MR) is 469 cm³/mol. The topological polar surface area (TPSA) is 830 Å². The predicted octanol–water partition coefficient (Wildman–Crippen LogP) is -10.4. The van der Waals surface area contributed by atoms with Gasteiger partial charge < -0.3 is 154 Å². The fourth-order valence-electron chi connectivity index (χ4n) is 13.2. The van der Waals surface area contributed by atoms with Crippen LogP contribution in [0, 0.1) is 22.7 Å². The number of amides is 17. The molecular weight excluding hydrogens is 1740 g/mol. The number of likely N-dealkylation sites (tertiary alicyclic amines) is 1. The number of hydrogen-bond donors (Lipinski definition) is 30. The van der Waals surface area contributed by atoms with Crippen LogP contribution in [0.15, 0.2) is 60.8 Å². The summed E-state index contributed by atoms with van der Waals surface area (Å²) in [6, 6.07) is -3.28. The minimum absolute atomic E-state index is 0.0216. The first-order chi connectivity index (χ1) is 62.6. The molecule has 2 aromatic carbocycles. The number of para-hydroxylation sites is 1. The van der Waals surface area contributed by atoms with Gasteiger partial charge in [0, 0.05) is 49.6 Å². The molecule has 4 rings (SSSR count). The summed E-state index contributed by atoms with van der Waals surface area (Å²) in [5.41, 5.74) is 24.3. The van der Waals surface area contributed by atoms with Crippen LogP contribution in [0.25, 0.3) is 10.9 Å². The van der Waals surface area contributed by atoms with Crippen molar-refractivity contribution in [1.82, 2.24) is 106 Å². The normalized spacial score (nSPS) is 14.8. The van der Waals surface area contributed by atoms with E-state index in [2.05, 4.69) is 101 Å². The second kappa shape index (κ2) is 57.6. The first-order valence-electron chi connectivity index (χ1n) is 42.6. The van der Waals surface area contributed by atoms with Gasteiger partial charge in [0.2, 0.25) is 100 Å². The minimum Gasteiger partial charge on any atom is -0.481 e. The number of aromatic nitrogens is 1. The monoisotopic (exact) mass is 1860 g/mol. The van der Waals surface area contributed by atoms with Crippen molar-refractivity contribution in [2.45, 2.75) is 197 Å². The molecule has 34 N–H and O–H groups in total. The zero-order chi connectivity index (χ0) is 98.3. The molecule has 51 nitrogen and oxygen atoms in total. The molecule has 3 aromatic rings. The molecule has 51 heteroatoms. The van der Waals surface area contributed by atoms with Crippen LogP contribution in [0.4, 0.5) is 0 Å². The molecular formula is C81H124N26O25. The number of carboxylic acid groups (broad SMARTS) is 3. The first-order valence-corrected chi connectivity index (χ1v) is 42.6.